The summed E-state index contributed by atoms with van der Waals surface area (Å²) >= 11 is 1.17. The minimum Gasteiger partial charge on any atom is -0.480 e. The van der Waals surface area contributed by atoms with Crippen molar-refractivity contribution in [3.63, 3.8) is 0 Å². The van der Waals surface area contributed by atoms with Gasteiger partial charge in [0, 0.05) is 18.4 Å². The van der Waals surface area contributed by atoms with Crippen LogP contribution in [0, 0.1) is 0 Å². The van der Waals surface area contributed by atoms with Gasteiger partial charge in [0.05, 0.1) is 12.6 Å². The molecule has 9 nitrogen and oxygen atoms in total. The number of thiazole rings is 1. The van der Waals surface area contributed by atoms with Crippen molar-refractivity contribution in [3.05, 3.63) is 75.7 Å². The number of fused-ring (bicyclic) bond motifs is 3. The van der Waals surface area contributed by atoms with Gasteiger partial charge in [0.25, 0.3) is 5.91 Å². The van der Waals surface area contributed by atoms with Gasteiger partial charge in [0.1, 0.15) is 17.3 Å². The first-order valence-electron chi connectivity index (χ1n) is 11.0. The highest BCUT2D eigenvalue weighted by Gasteiger charge is 2.29. The van der Waals surface area contributed by atoms with Gasteiger partial charge in [0.2, 0.25) is 0 Å². The molecule has 0 bridgehead atoms. The number of benzene rings is 2. The Morgan fingerprint density at radius 1 is 1.09 bits per heavy atom. The summed E-state index contributed by atoms with van der Waals surface area (Å²) < 4.78 is 10.5. The van der Waals surface area contributed by atoms with Crippen LogP contribution in [0.5, 0.6) is 0 Å². The normalized spacial score (nSPS) is 13.9. The molecule has 1 heterocycles. The van der Waals surface area contributed by atoms with E-state index in [1.54, 1.807) is 6.92 Å². The predicted octanol–water partition coefficient (Wildman–Crippen LogP) is 3.40. The molecule has 0 radical (unpaired) electrons. The Balaban J connectivity index is 1.31. The number of methoxy groups -OCH3 is 1. The van der Waals surface area contributed by atoms with Gasteiger partial charge < -0.3 is 25.2 Å². The second-order valence-electron chi connectivity index (χ2n) is 8.04. The molecule has 0 saturated carbocycles. The summed E-state index contributed by atoms with van der Waals surface area (Å²) in [5.74, 6) is -1.88. The molecule has 1 aromatic heterocycles. The summed E-state index contributed by atoms with van der Waals surface area (Å²) in [4.78, 5) is 40.3. The number of hydrogen-bond donors (Lipinski definition) is 3. The van der Waals surface area contributed by atoms with Crippen molar-refractivity contribution in [3.8, 4) is 11.1 Å². The molecule has 0 spiro atoms. The van der Waals surface area contributed by atoms with Gasteiger partial charge in [-0.3, -0.25) is 4.79 Å². The van der Waals surface area contributed by atoms with E-state index in [-0.39, 0.29) is 24.8 Å². The van der Waals surface area contributed by atoms with Crippen LogP contribution in [0.15, 0.2) is 53.9 Å². The van der Waals surface area contributed by atoms with Crippen molar-refractivity contribution in [1.29, 1.82) is 0 Å². The number of carbonyl (C=O) groups is 3. The molecule has 10 heteroatoms. The van der Waals surface area contributed by atoms with Gasteiger partial charge in [-0.05, 0) is 29.2 Å². The first kappa shape index (κ1) is 24.4. The molecule has 3 N–H and O–H groups in total. The fraction of sp³-hybridized carbons (Fsp3) is 0.280. The van der Waals surface area contributed by atoms with Crippen LogP contribution < -0.4 is 10.6 Å². The number of carboxylic acid groups (broad SMARTS) is 1. The number of aromatic nitrogens is 1. The predicted molar refractivity (Wildman–Crippen MR) is 129 cm³/mol. The van der Waals surface area contributed by atoms with Crippen molar-refractivity contribution in [2.24, 2.45) is 0 Å². The van der Waals surface area contributed by atoms with Crippen LogP contribution in [0.3, 0.4) is 0 Å². The van der Waals surface area contributed by atoms with Gasteiger partial charge in [-0.25, -0.2) is 14.6 Å². The zero-order chi connectivity index (χ0) is 24.9. The maximum absolute atomic E-state index is 12.4. The summed E-state index contributed by atoms with van der Waals surface area (Å²) in [6, 6.07) is 15.0. The third kappa shape index (κ3) is 5.33. The molecule has 2 atom stereocenters. The highest BCUT2D eigenvalue weighted by atomic mass is 32.1. The van der Waals surface area contributed by atoms with Gasteiger partial charge in [-0.1, -0.05) is 48.5 Å². The lowest BCUT2D eigenvalue weighted by Crippen LogP contribution is -2.48. The van der Waals surface area contributed by atoms with E-state index in [2.05, 4.69) is 27.8 Å². The van der Waals surface area contributed by atoms with Crippen molar-refractivity contribution in [2.75, 3.05) is 13.7 Å². The Kier molecular flexibility index (Phi) is 7.42. The zero-order valence-electron chi connectivity index (χ0n) is 19.2. The average Bonchev–Trinajstić information content (AvgIpc) is 3.47. The Hall–Kier alpha value is -3.76. The first-order valence-corrected chi connectivity index (χ1v) is 11.9. The molecule has 1 aliphatic rings. The third-order valence-corrected chi connectivity index (χ3v) is 6.75. The number of nitrogens with one attached hydrogen (secondary N) is 2. The molecule has 4 rings (SSSR count). The summed E-state index contributed by atoms with van der Waals surface area (Å²) in [6.07, 6.45) is -1.31. The standard InChI is InChI=1S/C25H25N3O6S/c1-14(33-2)22(24(30)31)28-23(29)20-13-35-21(27-20)11-26-25(32)34-12-19-17-9-5-3-7-15(17)16-8-4-6-10-18(16)19/h3-10,13-14,19,22H,11-12H2,1-2H3,(H,26,32)(H,28,29)(H,30,31). The van der Waals surface area contributed by atoms with Crippen molar-refractivity contribution in [2.45, 2.75) is 31.5 Å². The van der Waals surface area contributed by atoms with E-state index in [0.717, 1.165) is 22.3 Å². The maximum Gasteiger partial charge on any atom is 0.407 e. The van der Waals surface area contributed by atoms with Crippen molar-refractivity contribution >= 4 is 29.3 Å². The summed E-state index contributed by atoms with van der Waals surface area (Å²) in [6.45, 7) is 1.81. The third-order valence-electron chi connectivity index (χ3n) is 5.91. The summed E-state index contributed by atoms with van der Waals surface area (Å²) in [5, 5.41) is 16.3. The lowest BCUT2D eigenvalue weighted by atomic mass is 9.98. The molecule has 1 aliphatic carbocycles. The highest BCUT2D eigenvalue weighted by Crippen LogP contribution is 2.44. The van der Waals surface area contributed by atoms with Crippen LogP contribution >= 0.6 is 11.3 Å². The number of amides is 2. The van der Waals surface area contributed by atoms with E-state index in [1.807, 2.05) is 36.4 Å². The Morgan fingerprint density at radius 3 is 2.31 bits per heavy atom. The number of carbonyl (C=O) groups excluding carboxylic acids is 2. The van der Waals surface area contributed by atoms with Gasteiger partial charge >= 0.3 is 12.1 Å². The molecular formula is C25H25N3O6S. The molecule has 2 unspecified atom stereocenters. The second-order valence-corrected chi connectivity index (χ2v) is 8.98. The van der Waals surface area contributed by atoms with Crippen LogP contribution in [0.4, 0.5) is 4.79 Å². The molecular weight excluding hydrogens is 470 g/mol. The molecule has 0 fully saturated rings. The van der Waals surface area contributed by atoms with Crippen LogP contribution in [-0.2, 0) is 20.8 Å². The number of nitrogens with zero attached hydrogens (tertiary/aromatic N) is 1. The lowest BCUT2D eigenvalue weighted by Gasteiger charge is -2.19. The fourth-order valence-corrected chi connectivity index (χ4v) is 4.74. The SMILES string of the molecule is COC(C)C(NC(=O)c1csc(CNC(=O)OCC2c3ccccc3-c3ccccc32)n1)C(=O)O. The topological polar surface area (TPSA) is 127 Å². The number of aliphatic carboxylic acids is 1. The van der Waals surface area contributed by atoms with E-state index < -0.39 is 30.1 Å². The first-order chi connectivity index (χ1) is 16.9. The minimum absolute atomic E-state index is 0.0417. The zero-order valence-corrected chi connectivity index (χ0v) is 20.0. The van der Waals surface area contributed by atoms with Crippen LogP contribution in [-0.4, -0.2) is 53.9 Å². The van der Waals surface area contributed by atoms with Gasteiger partial charge in [-0.2, -0.15) is 0 Å². The number of rotatable bonds is 9. The number of ether oxygens (including phenoxy) is 2. The van der Waals surface area contributed by atoms with Crippen LogP contribution in [0.1, 0.15) is 39.5 Å². The smallest absolute Gasteiger partial charge is 0.407 e. The number of alkyl carbamates (subject to hydrolysis) is 1. The molecule has 2 amide bonds. The molecule has 0 saturated heterocycles. The molecule has 0 aliphatic heterocycles. The quantitative estimate of drug-likeness (QED) is 0.415. The van der Waals surface area contributed by atoms with E-state index in [1.165, 1.54) is 23.8 Å². The molecule has 182 valence electrons. The highest BCUT2D eigenvalue weighted by molar-refractivity contribution is 7.09. The molecule has 2 aromatic carbocycles. The average molecular weight is 496 g/mol. The Morgan fingerprint density at radius 2 is 1.71 bits per heavy atom. The van der Waals surface area contributed by atoms with E-state index in [4.69, 9.17) is 9.47 Å². The molecule has 35 heavy (non-hydrogen) atoms. The van der Waals surface area contributed by atoms with E-state index >= 15 is 0 Å². The lowest BCUT2D eigenvalue weighted by molar-refractivity contribution is -0.142. The summed E-state index contributed by atoms with van der Waals surface area (Å²) in [7, 11) is 1.36. The molecule has 3 aromatic rings. The van der Waals surface area contributed by atoms with E-state index in [9.17, 15) is 19.5 Å². The monoisotopic (exact) mass is 495 g/mol. The van der Waals surface area contributed by atoms with Crippen LogP contribution in [0.25, 0.3) is 11.1 Å². The van der Waals surface area contributed by atoms with Crippen LogP contribution in [0.2, 0.25) is 0 Å². The Bertz CT molecular complexity index is 1200. The fourth-order valence-electron chi connectivity index (χ4n) is 4.02. The maximum atomic E-state index is 12.4. The Labute approximate surface area is 206 Å². The summed E-state index contributed by atoms with van der Waals surface area (Å²) in [5.41, 5.74) is 4.61. The van der Waals surface area contributed by atoms with Gasteiger partial charge in [0.15, 0.2) is 6.04 Å². The second kappa shape index (κ2) is 10.7. The number of carboxylic acids is 1. The largest absolute Gasteiger partial charge is 0.480 e. The minimum atomic E-state index is -1.21. The van der Waals surface area contributed by atoms with Crippen molar-refractivity contribution < 1.29 is 29.0 Å². The van der Waals surface area contributed by atoms with E-state index in [0.29, 0.717) is 5.01 Å². The van der Waals surface area contributed by atoms with Gasteiger partial charge in [-0.15, -0.1) is 11.3 Å². The number of hydrogen-bond acceptors (Lipinski definition) is 7. The van der Waals surface area contributed by atoms with Crippen molar-refractivity contribution in [1.82, 2.24) is 15.6 Å².